The zero-order chi connectivity index (χ0) is 30.9. The van der Waals surface area contributed by atoms with Crippen LogP contribution in [-0.4, -0.2) is 56.9 Å². The van der Waals surface area contributed by atoms with Crippen molar-refractivity contribution in [3.05, 3.63) is 88.0 Å². The summed E-state index contributed by atoms with van der Waals surface area (Å²) in [7, 11) is -0.129. The van der Waals surface area contributed by atoms with Gasteiger partial charge < -0.3 is 14.9 Å². The molecule has 3 aromatic carbocycles. The number of benzene rings is 3. The van der Waals surface area contributed by atoms with Gasteiger partial charge in [0.2, 0.25) is 0 Å². The van der Waals surface area contributed by atoms with Gasteiger partial charge in [-0.15, -0.1) is 0 Å². The van der Waals surface area contributed by atoms with E-state index in [-0.39, 0.29) is 16.7 Å². The molecule has 3 aromatic rings. The van der Waals surface area contributed by atoms with E-state index in [4.69, 9.17) is 10.1 Å². The molecule has 0 fully saturated rings. The van der Waals surface area contributed by atoms with Crippen LogP contribution in [0, 0.1) is 0 Å². The van der Waals surface area contributed by atoms with Crippen molar-refractivity contribution in [3.8, 4) is 0 Å². The van der Waals surface area contributed by atoms with Gasteiger partial charge in [-0.25, -0.2) is 0 Å². The minimum atomic E-state index is -4.23. The Morgan fingerprint density at radius 2 is 1.70 bits per heavy atom. The van der Waals surface area contributed by atoms with Gasteiger partial charge in [-0.05, 0) is 84.3 Å². The molecule has 0 radical (unpaired) electrons. The summed E-state index contributed by atoms with van der Waals surface area (Å²) < 4.78 is 32.4. The standard InChI is InChI=1S/C34H41N3O5S/c1-34(2)29-20-25(36(3)4)13-16-27(29)33(35-17-7-5-6-10-32(38)39)28-19-24-9-8-18-37(31(24)21-30(28)34)22-23-11-14-26(15-12-23)43(40,41)42/h11-16,19-21H,5-10,17-18,22H2,1-4H3,(H,38,39)(H,40,41,42). The molecule has 5 rings (SSSR count). The number of carboxylic acids is 1. The van der Waals surface area contributed by atoms with Crippen LogP contribution in [0.25, 0.3) is 0 Å². The topological polar surface area (TPSA) is 111 Å². The van der Waals surface area contributed by atoms with Gasteiger partial charge in [-0.1, -0.05) is 38.5 Å². The highest BCUT2D eigenvalue weighted by Gasteiger charge is 2.37. The summed E-state index contributed by atoms with van der Waals surface area (Å²) in [6.07, 6.45) is 4.51. The summed E-state index contributed by atoms with van der Waals surface area (Å²) in [5.41, 5.74) is 10.1. The van der Waals surface area contributed by atoms with Crippen LogP contribution in [0.5, 0.6) is 0 Å². The predicted octanol–water partition coefficient (Wildman–Crippen LogP) is 6.07. The Kier molecular flexibility index (Phi) is 8.68. The minimum absolute atomic E-state index is 0.101. The highest BCUT2D eigenvalue weighted by atomic mass is 32.2. The Hall–Kier alpha value is -3.69. The number of carboxylic acid groups (broad SMARTS) is 1. The molecule has 2 aliphatic rings. The fourth-order valence-electron chi connectivity index (χ4n) is 6.32. The van der Waals surface area contributed by atoms with Crippen LogP contribution in [0.1, 0.15) is 79.3 Å². The second-order valence-electron chi connectivity index (χ2n) is 12.4. The summed E-state index contributed by atoms with van der Waals surface area (Å²) in [4.78, 5) is 20.5. The smallest absolute Gasteiger partial charge is 0.303 e. The van der Waals surface area contributed by atoms with E-state index in [0.717, 1.165) is 54.8 Å². The van der Waals surface area contributed by atoms with Crippen molar-refractivity contribution < 1.29 is 22.9 Å². The van der Waals surface area contributed by atoms with Crippen LogP contribution in [-0.2, 0) is 33.3 Å². The molecule has 0 bridgehead atoms. The number of anilines is 2. The molecule has 43 heavy (non-hydrogen) atoms. The molecule has 9 heteroatoms. The molecule has 0 spiro atoms. The van der Waals surface area contributed by atoms with E-state index in [9.17, 15) is 17.8 Å². The second kappa shape index (κ2) is 12.1. The van der Waals surface area contributed by atoms with Crippen molar-refractivity contribution in [1.82, 2.24) is 0 Å². The Labute approximate surface area is 254 Å². The number of rotatable bonds is 10. The van der Waals surface area contributed by atoms with Crippen LogP contribution < -0.4 is 9.80 Å². The minimum Gasteiger partial charge on any atom is -0.481 e. The van der Waals surface area contributed by atoms with E-state index in [1.54, 1.807) is 12.1 Å². The maximum atomic E-state index is 11.5. The van der Waals surface area contributed by atoms with E-state index >= 15 is 0 Å². The molecule has 2 N–H and O–H groups in total. The van der Waals surface area contributed by atoms with Crippen molar-refractivity contribution in [1.29, 1.82) is 0 Å². The molecule has 1 aliphatic carbocycles. The summed E-state index contributed by atoms with van der Waals surface area (Å²) in [5, 5.41) is 8.98. The zero-order valence-corrected chi connectivity index (χ0v) is 26.2. The van der Waals surface area contributed by atoms with E-state index < -0.39 is 16.1 Å². The van der Waals surface area contributed by atoms with Gasteiger partial charge in [-0.2, -0.15) is 8.42 Å². The van der Waals surface area contributed by atoms with Crippen LogP contribution in [0.3, 0.4) is 0 Å². The maximum Gasteiger partial charge on any atom is 0.303 e. The largest absolute Gasteiger partial charge is 0.481 e. The van der Waals surface area contributed by atoms with Crippen LogP contribution >= 0.6 is 0 Å². The number of hydrogen-bond donors (Lipinski definition) is 2. The fourth-order valence-corrected chi connectivity index (χ4v) is 6.80. The van der Waals surface area contributed by atoms with Gasteiger partial charge in [0.1, 0.15) is 0 Å². The van der Waals surface area contributed by atoms with Crippen molar-refractivity contribution in [2.24, 2.45) is 4.99 Å². The number of aliphatic imine (C=N–C) groups is 1. The Morgan fingerprint density at radius 3 is 2.37 bits per heavy atom. The zero-order valence-electron chi connectivity index (χ0n) is 25.4. The van der Waals surface area contributed by atoms with Gasteiger partial charge in [0.15, 0.2) is 0 Å². The fraction of sp³-hybridized carbons (Fsp3) is 0.412. The SMILES string of the molecule is CN(C)c1ccc2c(c1)C(C)(C)c1cc3c(cc1C2=NCCCCCC(=O)O)CCCN3Cc1ccc(S(=O)(=O)O)cc1. The molecule has 0 saturated carbocycles. The summed E-state index contributed by atoms with van der Waals surface area (Å²) in [5.74, 6) is -0.755. The first-order valence-corrected chi connectivity index (χ1v) is 16.4. The molecule has 0 unspecified atom stereocenters. The lowest BCUT2D eigenvalue weighted by atomic mass is 9.67. The number of aryl methyl sites for hydroxylation is 1. The van der Waals surface area contributed by atoms with Crippen molar-refractivity contribution in [3.63, 3.8) is 0 Å². The van der Waals surface area contributed by atoms with Crippen LogP contribution in [0.4, 0.5) is 11.4 Å². The van der Waals surface area contributed by atoms with E-state index in [1.807, 2.05) is 14.1 Å². The average molecular weight is 604 g/mol. The van der Waals surface area contributed by atoms with Gasteiger partial charge >= 0.3 is 5.97 Å². The number of aliphatic carboxylic acids is 1. The lowest BCUT2D eigenvalue weighted by Gasteiger charge is -2.40. The molecule has 228 valence electrons. The predicted molar refractivity (Wildman–Crippen MR) is 172 cm³/mol. The first-order chi connectivity index (χ1) is 20.4. The molecule has 0 amide bonds. The third-order valence-corrected chi connectivity index (χ3v) is 9.59. The van der Waals surface area contributed by atoms with Gasteiger partial charge in [0.25, 0.3) is 10.1 Å². The monoisotopic (exact) mass is 603 g/mol. The normalized spacial score (nSPS) is 16.4. The third-order valence-electron chi connectivity index (χ3n) is 8.72. The Bertz CT molecular complexity index is 1660. The molecule has 1 heterocycles. The number of unbranched alkanes of at least 4 members (excludes halogenated alkanes) is 2. The lowest BCUT2D eigenvalue weighted by molar-refractivity contribution is -0.137. The highest BCUT2D eigenvalue weighted by molar-refractivity contribution is 7.85. The number of fused-ring (bicyclic) bond motifs is 3. The van der Waals surface area contributed by atoms with Gasteiger partial charge in [-0.3, -0.25) is 14.3 Å². The summed E-state index contributed by atoms with van der Waals surface area (Å²) in [6, 6.07) is 17.7. The van der Waals surface area contributed by atoms with E-state index in [1.165, 1.54) is 40.1 Å². The number of hydrogen-bond acceptors (Lipinski definition) is 6. The molecular formula is C34H41N3O5S. The number of carbonyl (C=O) groups is 1. The molecule has 8 nitrogen and oxygen atoms in total. The first-order valence-electron chi connectivity index (χ1n) is 14.9. The second-order valence-corrected chi connectivity index (χ2v) is 13.8. The average Bonchev–Trinajstić information content (AvgIpc) is 2.95. The van der Waals surface area contributed by atoms with Crippen molar-refractivity contribution in [2.75, 3.05) is 37.0 Å². The quantitative estimate of drug-likeness (QED) is 0.214. The Morgan fingerprint density at radius 1 is 0.977 bits per heavy atom. The molecule has 0 aromatic heterocycles. The molecule has 1 aliphatic heterocycles. The number of nitrogens with zero attached hydrogens (tertiary/aromatic N) is 3. The summed E-state index contributed by atoms with van der Waals surface area (Å²) >= 11 is 0. The summed E-state index contributed by atoms with van der Waals surface area (Å²) in [6.45, 7) is 6.73. The molecular weight excluding hydrogens is 562 g/mol. The third kappa shape index (κ3) is 6.48. The lowest BCUT2D eigenvalue weighted by Crippen LogP contribution is -2.34. The van der Waals surface area contributed by atoms with Gasteiger partial charge in [0, 0.05) is 68.1 Å². The highest BCUT2D eigenvalue weighted by Crippen LogP contribution is 2.46. The Balaban J connectivity index is 1.53. The van der Waals surface area contributed by atoms with Gasteiger partial charge in [0.05, 0.1) is 10.6 Å². The molecule has 0 atom stereocenters. The van der Waals surface area contributed by atoms with Crippen LogP contribution in [0.15, 0.2) is 64.5 Å². The maximum absolute atomic E-state index is 11.5. The first kappa shape index (κ1) is 30.8. The van der Waals surface area contributed by atoms with Crippen molar-refractivity contribution >= 4 is 33.2 Å². The molecule has 0 saturated heterocycles. The van der Waals surface area contributed by atoms with Crippen molar-refractivity contribution in [2.45, 2.75) is 69.2 Å². The van der Waals surface area contributed by atoms with E-state index in [0.29, 0.717) is 19.5 Å². The van der Waals surface area contributed by atoms with E-state index in [2.05, 4.69) is 54.0 Å². The van der Waals surface area contributed by atoms with Crippen LogP contribution in [0.2, 0.25) is 0 Å².